The first-order chi connectivity index (χ1) is 15.8. The molecule has 0 saturated heterocycles. The van der Waals surface area contributed by atoms with Crippen LogP contribution in [0.15, 0.2) is 70.3 Å². The second-order valence-electron chi connectivity index (χ2n) is 7.35. The van der Waals surface area contributed by atoms with Crippen molar-refractivity contribution in [1.29, 1.82) is 0 Å². The van der Waals surface area contributed by atoms with Crippen molar-refractivity contribution in [2.24, 2.45) is 0 Å². The fourth-order valence-electron chi connectivity index (χ4n) is 3.40. The molecule has 3 aromatic rings. The van der Waals surface area contributed by atoms with E-state index in [9.17, 15) is 14.4 Å². The zero-order chi connectivity index (χ0) is 24.0. The van der Waals surface area contributed by atoms with E-state index in [2.05, 4.69) is 4.98 Å². The van der Waals surface area contributed by atoms with Gasteiger partial charge in [0.15, 0.2) is 5.69 Å². The van der Waals surface area contributed by atoms with Crippen molar-refractivity contribution in [3.05, 3.63) is 97.7 Å². The average molecular weight is 469 g/mol. The maximum atomic E-state index is 13.3. The number of H-pyrrole nitrogens is 1. The molecular formula is C24H25ClN4O4. The predicted octanol–water partition coefficient (Wildman–Crippen LogP) is 2.90. The second kappa shape index (κ2) is 10.8. The lowest BCUT2D eigenvalue weighted by Crippen LogP contribution is -2.42. The topological polar surface area (TPSA) is 110 Å². The van der Waals surface area contributed by atoms with E-state index in [0.29, 0.717) is 16.2 Å². The lowest BCUT2D eigenvalue weighted by Gasteiger charge is -2.23. The fourth-order valence-corrected chi connectivity index (χ4v) is 3.68. The quantitative estimate of drug-likeness (QED) is 0.494. The van der Waals surface area contributed by atoms with Crippen molar-refractivity contribution in [1.82, 2.24) is 9.55 Å². The van der Waals surface area contributed by atoms with E-state index in [-0.39, 0.29) is 31.2 Å². The van der Waals surface area contributed by atoms with Crippen LogP contribution >= 0.6 is 11.6 Å². The van der Waals surface area contributed by atoms with Gasteiger partial charge in [-0.2, -0.15) is 0 Å². The molecule has 0 spiro atoms. The highest BCUT2D eigenvalue weighted by molar-refractivity contribution is 6.32. The minimum absolute atomic E-state index is 0.0540. The maximum absolute atomic E-state index is 13.3. The summed E-state index contributed by atoms with van der Waals surface area (Å²) >= 11 is 6.25. The molecule has 1 aromatic heterocycles. The van der Waals surface area contributed by atoms with Crippen LogP contribution in [0.2, 0.25) is 5.02 Å². The Morgan fingerprint density at radius 2 is 1.82 bits per heavy atom. The number of nitrogens with zero attached hydrogens (tertiary/aromatic N) is 2. The molecule has 0 fully saturated rings. The Bertz CT molecular complexity index is 1280. The fraction of sp³-hybridized carbons (Fsp3) is 0.208. The van der Waals surface area contributed by atoms with Gasteiger partial charge in [-0.25, -0.2) is 4.79 Å². The molecular weight excluding hydrogens is 444 g/mol. The van der Waals surface area contributed by atoms with Gasteiger partial charge >= 0.3 is 5.69 Å². The van der Waals surface area contributed by atoms with Crippen molar-refractivity contribution < 1.29 is 9.53 Å². The Hall–Kier alpha value is -3.62. The van der Waals surface area contributed by atoms with E-state index < -0.39 is 17.2 Å². The standard InChI is InChI=1S/C24H25ClN4O4/c1-16(18-10-6-7-11-19(18)25)14-20(30)28(12-13-33-2)21-22(26)29(24(32)27-23(21)31)15-17-8-4-3-5-9-17/h3-11,14H,12-13,15,26H2,1-2H3,(H,27,31,32)/b16-14-. The number of amides is 1. The zero-order valence-corrected chi connectivity index (χ0v) is 19.1. The monoisotopic (exact) mass is 468 g/mol. The van der Waals surface area contributed by atoms with Gasteiger partial charge in [0.2, 0.25) is 0 Å². The van der Waals surface area contributed by atoms with Crippen molar-refractivity contribution >= 4 is 34.6 Å². The number of nitrogens with two attached hydrogens (primary N) is 1. The van der Waals surface area contributed by atoms with Gasteiger partial charge in [-0.1, -0.05) is 60.1 Å². The van der Waals surface area contributed by atoms with Gasteiger partial charge in [-0.05, 0) is 29.7 Å². The summed E-state index contributed by atoms with van der Waals surface area (Å²) in [5.41, 5.74) is 6.86. The minimum atomic E-state index is -0.755. The van der Waals surface area contributed by atoms with Crippen molar-refractivity contribution in [2.75, 3.05) is 30.9 Å². The van der Waals surface area contributed by atoms with Crippen molar-refractivity contribution in [3.63, 3.8) is 0 Å². The molecule has 0 aliphatic heterocycles. The van der Waals surface area contributed by atoms with E-state index in [1.54, 1.807) is 25.1 Å². The third-order valence-corrected chi connectivity index (χ3v) is 5.42. The second-order valence-corrected chi connectivity index (χ2v) is 7.76. The highest BCUT2D eigenvalue weighted by atomic mass is 35.5. The number of methoxy groups -OCH3 is 1. The first kappa shape index (κ1) is 24.0. The number of hydrogen-bond donors (Lipinski definition) is 2. The molecule has 0 aliphatic carbocycles. The van der Waals surface area contributed by atoms with Gasteiger partial charge in [0.1, 0.15) is 5.82 Å². The number of benzene rings is 2. The number of aromatic nitrogens is 2. The highest BCUT2D eigenvalue weighted by Crippen LogP contribution is 2.24. The lowest BCUT2D eigenvalue weighted by molar-refractivity contribution is -0.114. The molecule has 0 unspecified atom stereocenters. The molecule has 0 saturated carbocycles. The van der Waals surface area contributed by atoms with Crippen LogP contribution in [0.25, 0.3) is 5.57 Å². The van der Waals surface area contributed by atoms with Gasteiger partial charge < -0.3 is 10.5 Å². The number of anilines is 2. The molecule has 1 heterocycles. The molecule has 3 N–H and O–H groups in total. The van der Waals surface area contributed by atoms with Crippen LogP contribution in [-0.4, -0.2) is 35.7 Å². The van der Waals surface area contributed by atoms with Gasteiger partial charge in [-0.15, -0.1) is 0 Å². The molecule has 0 atom stereocenters. The molecule has 9 heteroatoms. The van der Waals surface area contributed by atoms with Crippen LogP contribution in [0.4, 0.5) is 11.5 Å². The van der Waals surface area contributed by atoms with Gasteiger partial charge in [0.05, 0.1) is 13.2 Å². The van der Waals surface area contributed by atoms with E-state index >= 15 is 0 Å². The van der Waals surface area contributed by atoms with E-state index in [1.807, 2.05) is 36.4 Å². The normalized spacial score (nSPS) is 11.4. The number of hydrogen-bond acceptors (Lipinski definition) is 5. The van der Waals surface area contributed by atoms with Gasteiger partial charge in [0.25, 0.3) is 11.5 Å². The molecule has 0 aliphatic rings. The number of allylic oxidation sites excluding steroid dienone is 1. The third-order valence-electron chi connectivity index (χ3n) is 5.09. The molecule has 8 nitrogen and oxygen atoms in total. The summed E-state index contributed by atoms with van der Waals surface area (Å²) < 4.78 is 6.35. The Labute approximate surface area is 195 Å². The zero-order valence-electron chi connectivity index (χ0n) is 18.4. The predicted molar refractivity (Wildman–Crippen MR) is 131 cm³/mol. The van der Waals surface area contributed by atoms with Crippen LogP contribution in [0.3, 0.4) is 0 Å². The Morgan fingerprint density at radius 3 is 2.48 bits per heavy atom. The van der Waals surface area contributed by atoms with E-state index in [4.69, 9.17) is 22.1 Å². The smallest absolute Gasteiger partial charge is 0.330 e. The summed E-state index contributed by atoms with van der Waals surface area (Å²) in [6.07, 6.45) is 1.38. The first-order valence-corrected chi connectivity index (χ1v) is 10.6. The van der Waals surface area contributed by atoms with Crippen LogP contribution in [0, 0.1) is 0 Å². The SMILES string of the molecule is COCCN(C(=O)/C=C(/C)c1ccccc1Cl)c1c(N)n(Cc2ccccc2)c(=O)[nH]c1=O. The molecule has 33 heavy (non-hydrogen) atoms. The summed E-state index contributed by atoms with van der Waals surface area (Å²) in [7, 11) is 1.48. The Morgan fingerprint density at radius 1 is 1.15 bits per heavy atom. The number of carbonyl (C=O) groups is 1. The summed E-state index contributed by atoms with van der Waals surface area (Å²) in [6, 6.07) is 16.3. The molecule has 1 amide bonds. The number of nitrogens with one attached hydrogen (secondary N) is 1. The van der Waals surface area contributed by atoms with Crippen LogP contribution < -0.4 is 21.9 Å². The molecule has 172 valence electrons. The number of aromatic amines is 1. The Balaban J connectivity index is 2.07. The first-order valence-electron chi connectivity index (χ1n) is 10.2. The number of carbonyl (C=O) groups excluding carboxylic acids is 1. The lowest BCUT2D eigenvalue weighted by atomic mass is 10.1. The summed E-state index contributed by atoms with van der Waals surface area (Å²) in [6.45, 7) is 2.09. The average Bonchev–Trinajstić information content (AvgIpc) is 2.79. The number of ether oxygens (including phenoxy) is 1. The third kappa shape index (κ3) is 5.60. The van der Waals surface area contributed by atoms with Crippen molar-refractivity contribution in [2.45, 2.75) is 13.5 Å². The summed E-state index contributed by atoms with van der Waals surface area (Å²) in [5, 5.41) is 0.497. The van der Waals surface area contributed by atoms with Crippen LogP contribution in [0.5, 0.6) is 0 Å². The highest BCUT2D eigenvalue weighted by Gasteiger charge is 2.23. The molecule has 2 aromatic carbocycles. The Kier molecular flexibility index (Phi) is 7.87. The molecule has 0 radical (unpaired) electrons. The van der Waals surface area contributed by atoms with E-state index in [0.717, 1.165) is 5.56 Å². The minimum Gasteiger partial charge on any atom is -0.383 e. The summed E-state index contributed by atoms with van der Waals surface area (Å²) in [5.74, 6) is -0.604. The van der Waals surface area contributed by atoms with Crippen LogP contribution in [0.1, 0.15) is 18.1 Å². The largest absolute Gasteiger partial charge is 0.383 e. The summed E-state index contributed by atoms with van der Waals surface area (Å²) in [4.78, 5) is 42.0. The number of nitrogen functional groups attached to an aromatic ring is 1. The maximum Gasteiger partial charge on any atom is 0.330 e. The van der Waals surface area contributed by atoms with Gasteiger partial charge in [-0.3, -0.25) is 24.0 Å². The molecule has 3 rings (SSSR count). The molecule has 0 bridgehead atoms. The van der Waals surface area contributed by atoms with Gasteiger partial charge in [0, 0.05) is 24.8 Å². The number of rotatable bonds is 8. The number of halogens is 1. The van der Waals surface area contributed by atoms with E-state index in [1.165, 1.54) is 22.7 Å². The van der Waals surface area contributed by atoms with Crippen molar-refractivity contribution in [3.8, 4) is 0 Å². The van der Waals surface area contributed by atoms with Crippen LogP contribution in [-0.2, 0) is 16.1 Å².